The predicted octanol–water partition coefficient (Wildman–Crippen LogP) is 3.15. The zero-order chi connectivity index (χ0) is 20.4. The van der Waals surface area contributed by atoms with Gasteiger partial charge in [-0.05, 0) is 49.2 Å². The van der Waals surface area contributed by atoms with E-state index in [1.807, 2.05) is 0 Å². The maximum Gasteiger partial charge on any atom is 0.243 e. The Morgan fingerprint density at radius 2 is 1.66 bits per heavy atom. The zero-order valence-corrected chi connectivity index (χ0v) is 17.2. The van der Waals surface area contributed by atoms with E-state index in [0.717, 1.165) is 0 Å². The minimum Gasteiger partial charge on any atom is -0.486 e. The molecular weight excluding hydrogens is 416 g/mol. The van der Waals surface area contributed by atoms with Crippen molar-refractivity contribution in [3.63, 3.8) is 0 Å². The molecule has 29 heavy (non-hydrogen) atoms. The summed E-state index contributed by atoms with van der Waals surface area (Å²) in [6.07, 6.45) is 0.923. The van der Waals surface area contributed by atoms with Gasteiger partial charge >= 0.3 is 0 Å². The summed E-state index contributed by atoms with van der Waals surface area (Å²) in [5.74, 6) is 0.901. The summed E-state index contributed by atoms with van der Waals surface area (Å²) >= 11 is 5.84. The van der Waals surface area contributed by atoms with Crippen LogP contribution in [0.5, 0.6) is 11.5 Å². The summed E-state index contributed by atoms with van der Waals surface area (Å²) < 4.78 is 38.0. The zero-order valence-electron chi connectivity index (χ0n) is 15.6. The molecule has 9 heteroatoms. The number of halogens is 1. The lowest BCUT2D eigenvalue weighted by atomic mass is 9.97. The summed E-state index contributed by atoms with van der Waals surface area (Å²) in [7, 11) is -3.58. The highest BCUT2D eigenvalue weighted by atomic mass is 35.5. The highest BCUT2D eigenvalue weighted by molar-refractivity contribution is 7.89. The lowest BCUT2D eigenvalue weighted by molar-refractivity contribution is -0.120. The van der Waals surface area contributed by atoms with Gasteiger partial charge in [0.2, 0.25) is 15.9 Å². The van der Waals surface area contributed by atoms with Crippen molar-refractivity contribution in [1.29, 1.82) is 0 Å². The number of carbonyl (C=O) groups is 1. The number of fused-ring (bicyclic) bond motifs is 1. The number of nitrogens with zero attached hydrogens (tertiary/aromatic N) is 1. The molecule has 0 spiro atoms. The van der Waals surface area contributed by atoms with Crippen LogP contribution in [0.25, 0.3) is 0 Å². The van der Waals surface area contributed by atoms with Crippen molar-refractivity contribution in [3.05, 3.63) is 47.5 Å². The number of hydrogen-bond donors (Lipinski definition) is 1. The van der Waals surface area contributed by atoms with Gasteiger partial charge in [0.1, 0.15) is 13.2 Å². The first-order valence-electron chi connectivity index (χ1n) is 9.40. The number of amides is 1. The van der Waals surface area contributed by atoms with E-state index in [9.17, 15) is 13.2 Å². The van der Waals surface area contributed by atoms with Crippen molar-refractivity contribution < 1.29 is 22.7 Å². The van der Waals surface area contributed by atoms with Gasteiger partial charge in [0.05, 0.1) is 4.90 Å². The fourth-order valence-corrected chi connectivity index (χ4v) is 5.08. The van der Waals surface area contributed by atoms with Gasteiger partial charge in [0, 0.05) is 35.8 Å². The summed E-state index contributed by atoms with van der Waals surface area (Å²) in [6, 6.07) is 11.4. The van der Waals surface area contributed by atoms with E-state index in [1.165, 1.54) is 16.4 Å². The minimum absolute atomic E-state index is 0.120. The monoisotopic (exact) mass is 436 g/mol. The molecule has 0 aromatic heterocycles. The second-order valence-corrected chi connectivity index (χ2v) is 9.35. The van der Waals surface area contributed by atoms with Crippen LogP contribution in [0.3, 0.4) is 0 Å². The van der Waals surface area contributed by atoms with Crippen molar-refractivity contribution >= 4 is 33.2 Å². The van der Waals surface area contributed by atoms with Crippen molar-refractivity contribution in [2.45, 2.75) is 17.7 Å². The molecule has 2 aromatic rings. The molecule has 0 radical (unpaired) electrons. The molecule has 0 saturated carbocycles. The molecule has 1 N–H and O–H groups in total. The number of sulfonamides is 1. The molecule has 7 nitrogen and oxygen atoms in total. The maximum absolute atomic E-state index is 12.8. The average Bonchev–Trinajstić information content (AvgIpc) is 2.74. The molecule has 4 rings (SSSR count). The van der Waals surface area contributed by atoms with Crippen molar-refractivity contribution in [2.75, 3.05) is 31.6 Å². The smallest absolute Gasteiger partial charge is 0.243 e. The molecule has 2 aliphatic rings. The van der Waals surface area contributed by atoms with Gasteiger partial charge in [-0.25, -0.2) is 8.42 Å². The second kappa shape index (κ2) is 8.22. The Morgan fingerprint density at radius 3 is 2.34 bits per heavy atom. The van der Waals surface area contributed by atoms with E-state index in [2.05, 4.69) is 5.32 Å². The Bertz CT molecular complexity index is 1000. The molecule has 0 aliphatic carbocycles. The number of carbonyl (C=O) groups excluding carboxylic acids is 1. The average molecular weight is 437 g/mol. The Balaban J connectivity index is 1.36. The van der Waals surface area contributed by atoms with Crippen LogP contribution in [0.4, 0.5) is 5.69 Å². The molecule has 2 heterocycles. The van der Waals surface area contributed by atoms with Crippen LogP contribution in [0, 0.1) is 5.92 Å². The SMILES string of the molecule is O=C(Nc1ccc2c(c1)OCCO2)C1CCN(S(=O)(=O)c2ccc(Cl)cc2)CC1. The summed E-state index contributed by atoms with van der Waals surface area (Å²) in [4.78, 5) is 12.8. The van der Waals surface area contributed by atoms with Gasteiger partial charge in [0.15, 0.2) is 11.5 Å². The third kappa shape index (κ3) is 4.34. The van der Waals surface area contributed by atoms with Gasteiger partial charge < -0.3 is 14.8 Å². The lowest BCUT2D eigenvalue weighted by Crippen LogP contribution is -2.41. The van der Waals surface area contributed by atoms with Crippen molar-refractivity contribution in [2.24, 2.45) is 5.92 Å². The van der Waals surface area contributed by atoms with E-state index in [-0.39, 0.29) is 16.7 Å². The number of benzene rings is 2. The van der Waals surface area contributed by atoms with Crippen LogP contribution < -0.4 is 14.8 Å². The van der Waals surface area contributed by atoms with Crippen molar-refractivity contribution in [1.82, 2.24) is 4.31 Å². The Kier molecular flexibility index (Phi) is 5.67. The molecule has 154 valence electrons. The molecule has 0 atom stereocenters. The van der Waals surface area contributed by atoms with Crippen LogP contribution in [0.2, 0.25) is 5.02 Å². The molecule has 1 amide bonds. The number of nitrogens with one attached hydrogen (secondary N) is 1. The molecule has 1 saturated heterocycles. The van der Waals surface area contributed by atoms with Gasteiger partial charge in [-0.15, -0.1) is 0 Å². The first-order chi connectivity index (χ1) is 13.9. The van der Waals surface area contributed by atoms with Gasteiger partial charge in [-0.1, -0.05) is 11.6 Å². The Labute approximate surface area is 174 Å². The minimum atomic E-state index is -3.58. The fourth-order valence-electron chi connectivity index (χ4n) is 3.48. The molecule has 2 aliphatic heterocycles. The van der Waals surface area contributed by atoms with Gasteiger partial charge in [-0.2, -0.15) is 4.31 Å². The summed E-state index contributed by atoms with van der Waals surface area (Å²) in [5.41, 5.74) is 0.635. The van der Waals surface area contributed by atoms with Gasteiger partial charge in [0.25, 0.3) is 0 Å². The van der Waals surface area contributed by atoms with E-state index in [1.54, 1.807) is 30.3 Å². The second-order valence-electron chi connectivity index (χ2n) is 6.98. The van der Waals surface area contributed by atoms with E-state index >= 15 is 0 Å². The third-order valence-corrected chi connectivity index (χ3v) is 7.25. The van der Waals surface area contributed by atoms with Crippen LogP contribution in [0.1, 0.15) is 12.8 Å². The fraction of sp³-hybridized carbons (Fsp3) is 0.350. The van der Waals surface area contributed by atoms with E-state index < -0.39 is 10.0 Å². The molecule has 2 aromatic carbocycles. The molecule has 1 fully saturated rings. The van der Waals surface area contributed by atoms with Crippen LogP contribution >= 0.6 is 11.6 Å². The quantitative estimate of drug-likeness (QED) is 0.795. The normalized spacial score (nSPS) is 17.7. The predicted molar refractivity (Wildman–Crippen MR) is 109 cm³/mol. The molecular formula is C20H21ClN2O5S. The van der Waals surface area contributed by atoms with E-state index in [4.69, 9.17) is 21.1 Å². The Morgan fingerprint density at radius 1 is 1.00 bits per heavy atom. The maximum atomic E-state index is 12.8. The summed E-state index contributed by atoms with van der Waals surface area (Å²) in [6.45, 7) is 1.58. The topological polar surface area (TPSA) is 84.9 Å². The molecule has 0 bridgehead atoms. The van der Waals surface area contributed by atoms with E-state index in [0.29, 0.717) is 61.4 Å². The van der Waals surface area contributed by atoms with Gasteiger partial charge in [-0.3, -0.25) is 4.79 Å². The van der Waals surface area contributed by atoms with Crippen LogP contribution in [-0.2, 0) is 14.8 Å². The largest absolute Gasteiger partial charge is 0.486 e. The Hall–Kier alpha value is -2.29. The first kappa shape index (κ1) is 20.0. The number of piperidine rings is 1. The highest BCUT2D eigenvalue weighted by Crippen LogP contribution is 2.33. The lowest BCUT2D eigenvalue weighted by Gasteiger charge is -2.30. The number of anilines is 1. The number of ether oxygens (including phenoxy) is 2. The number of rotatable bonds is 4. The highest BCUT2D eigenvalue weighted by Gasteiger charge is 2.32. The van der Waals surface area contributed by atoms with Crippen molar-refractivity contribution in [3.8, 4) is 11.5 Å². The van der Waals surface area contributed by atoms with Crippen LogP contribution in [-0.4, -0.2) is 44.9 Å². The standard InChI is InChI=1S/C20H21ClN2O5S/c21-15-1-4-17(5-2-15)29(25,26)23-9-7-14(8-10-23)20(24)22-16-3-6-18-19(13-16)28-12-11-27-18/h1-6,13-14H,7-12H2,(H,22,24). The first-order valence-corrected chi connectivity index (χ1v) is 11.2. The number of hydrogen-bond acceptors (Lipinski definition) is 5. The molecule has 0 unspecified atom stereocenters. The van der Waals surface area contributed by atoms with Crippen LogP contribution in [0.15, 0.2) is 47.4 Å². The third-order valence-electron chi connectivity index (χ3n) is 5.09. The summed E-state index contributed by atoms with van der Waals surface area (Å²) in [5, 5.41) is 3.38.